The number of ether oxygens (including phenoxy) is 1. The van der Waals surface area contributed by atoms with Crippen molar-refractivity contribution >= 4 is 5.57 Å². The molecule has 0 saturated carbocycles. The molecule has 0 amide bonds. The Hall–Kier alpha value is -1.28. The van der Waals surface area contributed by atoms with Crippen molar-refractivity contribution in [1.82, 2.24) is 0 Å². The highest BCUT2D eigenvalue weighted by Gasteiger charge is 2.18. The molecule has 1 atom stereocenters. The predicted octanol–water partition coefficient (Wildman–Crippen LogP) is 3.76. The van der Waals surface area contributed by atoms with Crippen LogP contribution < -0.4 is 10.5 Å². The molecule has 0 spiro atoms. The molecule has 2 rings (SSSR count). The first-order valence-electron chi connectivity index (χ1n) is 7.02. The van der Waals surface area contributed by atoms with Gasteiger partial charge in [0.25, 0.3) is 0 Å². The van der Waals surface area contributed by atoms with Gasteiger partial charge in [0.15, 0.2) is 0 Å². The number of nitrogens with two attached hydrogens (primary N) is 1. The average molecular weight is 245 g/mol. The van der Waals surface area contributed by atoms with Gasteiger partial charge in [-0.1, -0.05) is 44.4 Å². The van der Waals surface area contributed by atoms with Crippen molar-refractivity contribution in [1.29, 1.82) is 0 Å². The van der Waals surface area contributed by atoms with Gasteiger partial charge in [0.05, 0.1) is 0 Å². The van der Waals surface area contributed by atoms with Crippen LogP contribution in [0.2, 0.25) is 0 Å². The molecule has 1 aliphatic rings. The fourth-order valence-electron chi connectivity index (χ4n) is 2.44. The topological polar surface area (TPSA) is 35.2 Å². The molecule has 2 heteroatoms. The molecule has 98 valence electrons. The van der Waals surface area contributed by atoms with E-state index in [0.29, 0.717) is 6.54 Å². The van der Waals surface area contributed by atoms with Crippen molar-refractivity contribution in [2.45, 2.75) is 45.1 Å². The summed E-state index contributed by atoms with van der Waals surface area (Å²) in [4.78, 5) is 0. The zero-order valence-corrected chi connectivity index (χ0v) is 11.2. The summed E-state index contributed by atoms with van der Waals surface area (Å²) in [6.45, 7) is 2.83. The van der Waals surface area contributed by atoms with E-state index in [4.69, 9.17) is 10.5 Å². The highest BCUT2D eigenvalue weighted by molar-refractivity contribution is 5.73. The van der Waals surface area contributed by atoms with E-state index in [9.17, 15) is 0 Å². The van der Waals surface area contributed by atoms with Crippen molar-refractivity contribution in [3.8, 4) is 5.75 Å². The molecule has 1 aromatic rings. The van der Waals surface area contributed by atoms with E-state index in [1.807, 2.05) is 18.2 Å². The van der Waals surface area contributed by atoms with E-state index in [1.54, 1.807) is 0 Å². The number of rotatable bonds is 6. The van der Waals surface area contributed by atoms with Crippen LogP contribution in [0.4, 0.5) is 0 Å². The number of unbranched alkanes of at least 4 members (excludes halogenated alkanes) is 3. The summed E-state index contributed by atoms with van der Waals surface area (Å²) in [6.07, 6.45) is 8.62. The third-order valence-electron chi connectivity index (χ3n) is 3.46. The quantitative estimate of drug-likeness (QED) is 0.774. The molecule has 0 fully saturated rings. The van der Waals surface area contributed by atoms with Crippen molar-refractivity contribution in [2.24, 2.45) is 5.73 Å². The van der Waals surface area contributed by atoms with Gasteiger partial charge in [0.1, 0.15) is 11.9 Å². The molecule has 0 saturated heterocycles. The third-order valence-corrected chi connectivity index (χ3v) is 3.46. The highest BCUT2D eigenvalue weighted by Crippen LogP contribution is 2.32. The molecule has 2 nitrogen and oxygen atoms in total. The molecular weight excluding hydrogens is 222 g/mol. The van der Waals surface area contributed by atoms with Crippen molar-refractivity contribution in [3.63, 3.8) is 0 Å². The van der Waals surface area contributed by atoms with E-state index >= 15 is 0 Å². The van der Waals surface area contributed by atoms with Gasteiger partial charge in [-0.15, -0.1) is 0 Å². The van der Waals surface area contributed by atoms with Gasteiger partial charge in [-0.25, -0.2) is 0 Å². The molecular formula is C16H23NO. The Labute approximate surface area is 110 Å². The lowest BCUT2D eigenvalue weighted by Gasteiger charge is -2.25. The number of benzene rings is 1. The van der Waals surface area contributed by atoms with Crippen molar-refractivity contribution < 1.29 is 4.74 Å². The minimum absolute atomic E-state index is 0.204. The van der Waals surface area contributed by atoms with E-state index in [1.165, 1.54) is 31.3 Å². The maximum absolute atomic E-state index is 6.01. The molecule has 0 radical (unpaired) electrons. The molecule has 1 aromatic carbocycles. The first-order valence-corrected chi connectivity index (χ1v) is 7.02. The maximum atomic E-state index is 6.01. The zero-order valence-electron chi connectivity index (χ0n) is 11.2. The van der Waals surface area contributed by atoms with Gasteiger partial charge in [-0.05, 0) is 30.6 Å². The van der Waals surface area contributed by atoms with Gasteiger partial charge in [0.2, 0.25) is 0 Å². The SMILES string of the molecule is CCCCCCC1C=C(CN)c2ccccc2O1. The minimum atomic E-state index is 0.204. The number of hydrogen-bond acceptors (Lipinski definition) is 2. The fourth-order valence-corrected chi connectivity index (χ4v) is 2.44. The van der Waals surface area contributed by atoms with E-state index in [2.05, 4.69) is 19.1 Å². The lowest BCUT2D eigenvalue weighted by atomic mass is 9.98. The zero-order chi connectivity index (χ0) is 12.8. The normalized spacial score (nSPS) is 17.9. The second-order valence-electron chi connectivity index (χ2n) is 4.90. The van der Waals surface area contributed by atoms with Gasteiger partial charge in [0, 0.05) is 12.1 Å². The van der Waals surface area contributed by atoms with Gasteiger partial charge >= 0.3 is 0 Å². The van der Waals surface area contributed by atoms with Crippen LogP contribution >= 0.6 is 0 Å². The average Bonchev–Trinajstić information content (AvgIpc) is 2.42. The Kier molecular flexibility index (Phi) is 4.82. The Balaban J connectivity index is 2.00. The summed E-state index contributed by atoms with van der Waals surface area (Å²) in [5, 5.41) is 0. The lowest BCUT2D eigenvalue weighted by Crippen LogP contribution is -2.21. The van der Waals surface area contributed by atoms with Crippen LogP contribution in [-0.2, 0) is 0 Å². The van der Waals surface area contributed by atoms with Crippen LogP contribution in [0.5, 0.6) is 5.75 Å². The number of hydrogen-bond donors (Lipinski definition) is 1. The van der Waals surface area contributed by atoms with Crippen LogP contribution in [0.25, 0.3) is 5.57 Å². The Bertz CT molecular complexity index is 411. The maximum Gasteiger partial charge on any atom is 0.127 e. The fraction of sp³-hybridized carbons (Fsp3) is 0.500. The summed E-state index contributed by atoms with van der Waals surface area (Å²) in [7, 11) is 0. The molecule has 0 aromatic heterocycles. The second kappa shape index (κ2) is 6.60. The molecule has 18 heavy (non-hydrogen) atoms. The Morgan fingerprint density at radius 1 is 1.17 bits per heavy atom. The summed E-state index contributed by atoms with van der Waals surface area (Å²) in [5.74, 6) is 0.987. The van der Waals surface area contributed by atoms with E-state index < -0.39 is 0 Å². The highest BCUT2D eigenvalue weighted by atomic mass is 16.5. The number of para-hydroxylation sites is 1. The molecule has 1 heterocycles. The van der Waals surface area contributed by atoms with Crippen LogP contribution in [0, 0.1) is 0 Å². The standard InChI is InChI=1S/C16H23NO/c1-2-3-4-5-8-14-11-13(12-17)15-9-6-7-10-16(15)18-14/h6-7,9-11,14H,2-5,8,12,17H2,1H3. The van der Waals surface area contributed by atoms with Crippen molar-refractivity contribution in [3.05, 3.63) is 35.9 Å². The molecule has 2 N–H and O–H groups in total. The molecule has 1 aliphatic heterocycles. The van der Waals surface area contributed by atoms with Gasteiger partial charge in [-0.3, -0.25) is 0 Å². The Morgan fingerprint density at radius 3 is 2.78 bits per heavy atom. The van der Waals surface area contributed by atoms with Crippen LogP contribution in [0.1, 0.15) is 44.6 Å². The van der Waals surface area contributed by atoms with Crippen LogP contribution in [-0.4, -0.2) is 12.6 Å². The largest absolute Gasteiger partial charge is 0.486 e. The smallest absolute Gasteiger partial charge is 0.127 e. The first kappa shape index (κ1) is 13.2. The third kappa shape index (κ3) is 3.14. The van der Waals surface area contributed by atoms with E-state index in [0.717, 1.165) is 17.7 Å². The van der Waals surface area contributed by atoms with E-state index in [-0.39, 0.29) is 6.10 Å². The minimum Gasteiger partial charge on any atom is -0.486 e. The lowest BCUT2D eigenvalue weighted by molar-refractivity contribution is 0.229. The summed E-state index contributed by atoms with van der Waals surface area (Å²) < 4.78 is 6.01. The second-order valence-corrected chi connectivity index (χ2v) is 4.90. The summed E-state index contributed by atoms with van der Waals surface area (Å²) >= 11 is 0. The predicted molar refractivity (Wildman–Crippen MR) is 76.6 cm³/mol. The van der Waals surface area contributed by atoms with Crippen LogP contribution in [0.15, 0.2) is 30.3 Å². The first-order chi connectivity index (χ1) is 8.85. The van der Waals surface area contributed by atoms with Crippen molar-refractivity contribution in [2.75, 3.05) is 6.54 Å². The summed E-state index contributed by atoms with van der Waals surface area (Å²) in [6, 6.07) is 8.18. The Morgan fingerprint density at radius 2 is 2.00 bits per heavy atom. The van der Waals surface area contributed by atoms with Crippen LogP contribution in [0.3, 0.4) is 0 Å². The van der Waals surface area contributed by atoms with Gasteiger partial charge in [-0.2, -0.15) is 0 Å². The monoisotopic (exact) mass is 245 g/mol. The van der Waals surface area contributed by atoms with Gasteiger partial charge < -0.3 is 10.5 Å². The molecule has 1 unspecified atom stereocenters. The number of fused-ring (bicyclic) bond motifs is 1. The molecule has 0 aliphatic carbocycles. The summed E-state index contributed by atoms with van der Waals surface area (Å²) in [5.41, 5.74) is 8.21. The molecule has 0 bridgehead atoms.